The molecule has 0 aliphatic heterocycles. The van der Waals surface area contributed by atoms with Crippen molar-refractivity contribution in [2.24, 2.45) is 0 Å². The number of carbonyl (C=O) groups is 1. The number of hydrogen-bond acceptors (Lipinski definition) is 3. The zero-order valence-corrected chi connectivity index (χ0v) is 16.4. The Morgan fingerprint density at radius 3 is 2.14 bits per heavy atom. The second kappa shape index (κ2) is 8.57. The molecule has 0 saturated carbocycles. The van der Waals surface area contributed by atoms with Gasteiger partial charge in [-0.1, -0.05) is 42.0 Å². The van der Waals surface area contributed by atoms with Crippen LogP contribution in [0, 0.1) is 13.8 Å². The number of benzene rings is 2. The number of nitrogens with one attached hydrogen (secondary N) is 1. The van der Waals surface area contributed by atoms with Gasteiger partial charge in [0.25, 0.3) is 11.5 Å². The number of pyridine rings is 1. The standard InChI is InChI=1S/C23H24N2O3/c1-16-4-6-18(7-5-16)19-8-10-20(11-9-19)23(27)24-12-13-25-17(2)14-21(28-3)15-22(25)26/h4-11,14-15H,12-13H2,1-3H3,(H,24,27). The summed E-state index contributed by atoms with van der Waals surface area (Å²) in [6, 6.07) is 19.0. The summed E-state index contributed by atoms with van der Waals surface area (Å²) >= 11 is 0. The second-order valence-electron chi connectivity index (χ2n) is 6.73. The lowest BCUT2D eigenvalue weighted by Crippen LogP contribution is -2.31. The monoisotopic (exact) mass is 376 g/mol. The third-order valence-electron chi connectivity index (χ3n) is 4.70. The quantitative estimate of drug-likeness (QED) is 0.715. The van der Waals surface area contributed by atoms with Crippen molar-refractivity contribution in [2.45, 2.75) is 20.4 Å². The van der Waals surface area contributed by atoms with Crippen molar-refractivity contribution in [3.05, 3.63) is 87.8 Å². The number of ether oxygens (including phenoxy) is 1. The minimum Gasteiger partial charge on any atom is -0.496 e. The minimum absolute atomic E-state index is 0.145. The highest BCUT2D eigenvalue weighted by molar-refractivity contribution is 5.94. The first kappa shape index (κ1) is 19.4. The van der Waals surface area contributed by atoms with E-state index in [1.54, 1.807) is 10.6 Å². The number of rotatable bonds is 6. The highest BCUT2D eigenvalue weighted by Gasteiger charge is 2.08. The van der Waals surface area contributed by atoms with Crippen molar-refractivity contribution < 1.29 is 9.53 Å². The fourth-order valence-electron chi connectivity index (χ4n) is 3.05. The normalized spacial score (nSPS) is 10.5. The van der Waals surface area contributed by atoms with E-state index in [2.05, 4.69) is 36.5 Å². The number of carbonyl (C=O) groups excluding carboxylic acids is 1. The molecule has 0 aliphatic carbocycles. The number of aryl methyl sites for hydroxylation is 2. The number of amides is 1. The van der Waals surface area contributed by atoms with E-state index in [1.807, 2.05) is 31.2 Å². The van der Waals surface area contributed by atoms with Crippen molar-refractivity contribution in [3.8, 4) is 16.9 Å². The van der Waals surface area contributed by atoms with E-state index < -0.39 is 0 Å². The van der Waals surface area contributed by atoms with Gasteiger partial charge in [0.05, 0.1) is 7.11 Å². The molecule has 1 heterocycles. The summed E-state index contributed by atoms with van der Waals surface area (Å²) in [6.45, 7) is 4.67. The summed E-state index contributed by atoms with van der Waals surface area (Å²) in [4.78, 5) is 24.5. The van der Waals surface area contributed by atoms with Gasteiger partial charge in [-0.25, -0.2) is 0 Å². The number of hydrogen-bond donors (Lipinski definition) is 1. The molecule has 0 fully saturated rings. The van der Waals surface area contributed by atoms with Crippen LogP contribution in [0.15, 0.2) is 65.5 Å². The van der Waals surface area contributed by atoms with Crippen molar-refractivity contribution >= 4 is 5.91 Å². The Labute approximate surface area is 164 Å². The van der Waals surface area contributed by atoms with E-state index in [1.165, 1.54) is 18.7 Å². The molecule has 144 valence electrons. The van der Waals surface area contributed by atoms with Crippen molar-refractivity contribution in [2.75, 3.05) is 13.7 Å². The van der Waals surface area contributed by atoms with Crippen LogP contribution in [0.5, 0.6) is 5.75 Å². The largest absolute Gasteiger partial charge is 0.496 e. The summed E-state index contributed by atoms with van der Waals surface area (Å²) in [7, 11) is 1.53. The van der Waals surface area contributed by atoms with Crippen LogP contribution in [0.1, 0.15) is 21.6 Å². The zero-order valence-electron chi connectivity index (χ0n) is 16.4. The lowest BCUT2D eigenvalue weighted by molar-refractivity contribution is 0.0952. The van der Waals surface area contributed by atoms with Crippen LogP contribution < -0.4 is 15.6 Å². The Balaban J connectivity index is 1.61. The topological polar surface area (TPSA) is 60.3 Å². The molecule has 5 nitrogen and oxygen atoms in total. The second-order valence-corrected chi connectivity index (χ2v) is 6.73. The van der Waals surface area contributed by atoms with E-state index in [0.29, 0.717) is 24.4 Å². The highest BCUT2D eigenvalue weighted by Crippen LogP contribution is 2.20. The maximum atomic E-state index is 12.4. The van der Waals surface area contributed by atoms with E-state index in [0.717, 1.165) is 16.8 Å². The minimum atomic E-state index is -0.158. The number of methoxy groups -OCH3 is 1. The predicted molar refractivity (Wildman–Crippen MR) is 111 cm³/mol. The van der Waals surface area contributed by atoms with Crippen LogP contribution in [0.25, 0.3) is 11.1 Å². The molecule has 1 aromatic heterocycles. The predicted octanol–water partition coefficient (Wildman–Crippen LogP) is 3.57. The molecule has 3 aromatic rings. The molecule has 3 rings (SSSR count). The van der Waals surface area contributed by atoms with Crippen molar-refractivity contribution in [3.63, 3.8) is 0 Å². The smallest absolute Gasteiger partial charge is 0.254 e. The van der Waals surface area contributed by atoms with E-state index in [9.17, 15) is 9.59 Å². The molecular formula is C23H24N2O3. The Bertz CT molecular complexity index is 1020. The van der Waals surface area contributed by atoms with Crippen LogP contribution in [0.2, 0.25) is 0 Å². The summed E-state index contributed by atoms with van der Waals surface area (Å²) in [5.74, 6) is 0.381. The van der Waals surface area contributed by atoms with E-state index in [-0.39, 0.29) is 11.5 Å². The Hall–Kier alpha value is -3.34. The molecule has 28 heavy (non-hydrogen) atoms. The van der Waals surface area contributed by atoms with Crippen LogP contribution in [-0.4, -0.2) is 24.1 Å². The Morgan fingerprint density at radius 2 is 1.57 bits per heavy atom. The molecular weight excluding hydrogens is 352 g/mol. The SMILES string of the molecule is COc1cc(C)n(CCNC(=O)c2ccc(-c3ccc(C)cc3)cc2)c(=O)c1. The molecule has 0 bridgehead atoms. The summed E-state index contributed by atoms with van der Waals surface area (Å²) in [5.41, 5.74) is 4.64. The zero-order chi connectivity index (χ0) is 20.1. The van der Waals surface area contributed by atoms with Gasteiger partial charge >= 0.3 is 0 Å². The van der Waals surface area contributed by atoms with Gasteiger partial charge in [0.1, 0.15) is 5.75 Å². The molecule has 2 aromatic carbocycles. The molecule has 5 heteroatoms. The average molecular weight is 376 g/mol. The molecule has 0 unspecified atom stereocenters. The van der Waals surface area contributed by atoms with Crippen LogP contribution in [0.3, 0.4) is 0 Å². The van der Waals surface area contributed by atoms with Crippen LogP contribution in [0.4, 0.5) is 0 Å². The van der Waals surface area contributed by atoms with Crippen molar-refractivity contribution in [1.82, 2.24) is 9.88 Å². The highest BCUT2D eigenvalue weighted by atomic mass is 16.5. The summed E-state index contributed by atoms with van der Waals surface area (Å²) < 4.78 is 6.71. The van der Waals surface area contributed by atoms with Gasteiger partial charge in [-0.05, 0) is 43.2 Å². The first-order valence-corrected chi connectivity index (χ1v) is 9.19. The third-order valence-corrected chi connectivity index (χ3v) is 4.70. The van der Waals surface area contributed by atoms with Gasteiger partial charge in [-0.15, -0.1) is 0 Å². The maximum Gasteiger partial charge on any atom is 0.254 e. The van der Waals surface area contributed by atoms with Gasteiger partial charge in [0.2, 0.25) is 0 Å². The number of aromatic nitrogens is 1. The lowest BCUT2D eigenvalue weighted by Gasteiger charge is -2.12. The molecule has 0 radical (unpaired) electrons. The van der Waals surface area contributed by atoms with Gasteiger partial charge in [0, 0.05) is 30.4 Å². The van der Waals surface area contributed by atoms with E-state index in [4.69, 9.17) is 4.74 Å². The average Bonchev–Trinajstić information content (AvgIpc) is 2.70. The van der Waals surface area contributed by atoms with Crippen LogP contribution in [-0.2, 0) is 6.54 Å². The first-order chi connectivity index (χ1) is 13.5. The number of nitrogens with zero attached hydrogens (tertiary/aromatic N) is 1. The molecule has 0 saturated heterocycles. The van der Waals surface area contributed by atoms with Crippen molar-refractivity contribution in [1.29, 1.82) is 0 Å². The molecule has 0 aliphatic rings. The van der Waals surface area contributed by atoms with Gasteiger partial charge in [-0.2, -0.15) is 0 Å². The fraction of sp³-hybridized carbons (Fsp3) is 0.217. The maximum absolute atomic E-state index is 12.4. The lowest BCUT2D eigenvalue weighted by atomic mass is 10.0. The Kier molecular flexibility index (Phi) is 5.94. The van der Waals surface area contributed by atoms with Gasteiger partial charge < -0.3 is 14.6 Å². The van der Waals surface area contributed by atoms with Gasteiger partial charge in [0.15, 0.2) is 0 Å². The molecule has 1 amide bonds. The summed E-state index contributed by atoms with van der Waals surface area (Å²) in [5, 5.41) is 2.87. The third kappa shape index (κ3) is 4.49. The Morgan fingerprint density at radius 1 is 0.964 bits per heavy atom. The first-order valence-electron chi connectivity index (χ1n) is 9.19. The molecule has 1 N–H and O–H groups in total. The van der Waals surface area contributed by atoms with E-state index >= 15 is 0 Å². The molecule has 0 atom stereocenters. The van der Waals surface area contributed by atoms with Crippen LogP contribution >= 0.6 is 0 Å². The summed E-state index contributed by atoms with van der Waals surface area (Å²) in [6.07, 6.45) is 0. The fourth-order valence-corrected chi connectivity index (χ4v) is 3.05. The molecule has 0 spiro atoms. The van der Waals surface area contributed by atoms with Gasteiger partial charge in [-0.3, -0.25) is 9.59 Å².